The van der Waals surface area contributed by atoms with Crippen LogP contribution in [0.15, 0.2) is 50.4 Å². The second kappa shape index (κ2) is 8.70. The van der Waals surface area contributed by atoms with E-state index in [1.165, 1.54) is 19.4 Å². The van der Waals surface area contributed by atoms with Crippen LogP contribution in [0.1, 0.15) is 5.56 Å². The van der Waals surface area contributed by atoms with Crippen molar-refractivity contribution in [2.75, 3.05) is 19.0 Å². The lowest BCUT2D eigenvalue weighted by Gasteiger charge is -2.08. The van der Waals surface area contributed by atoms with Gasteiger partial charge < -0.3 is 15.2 Å². The van der Waals surface area contributed by atoms with Crippen LogP contribution in [0.5, 0.6) is 11.5 Å². The van der Waals surface area contributed by atoms with Gasteiger partial charge in [-0.05, 0) is 52.3 Å². The number of rotatable bonds is 6. The molecular formula is C16H15Br2N3O3. The summed E-state index contributed by atoms with van der Waals surface area (Å²) in [6.45, 7) is 0.0572. The Balaban J connectivity index is 1.89. The number of methoxy groups -OCH3 is 1. The maximum Gasteiger partial charge on any atom is 0.259 e. The quantitative estimate of drug-likeness (QED) is 0.459. The molecule has 0 saturated heterocycles. The van der Waals surface area contributed by atoms with Gasteiger partial charge in [-0.1, -0.05) is 15.9 Å². The van der Waals surface area contributed by atoms with Crippen LogP contribution in [0, 0.1) is 0 Å². The number of nitrogens with one attached hydrogen (secondary N) is 2. The zero-order chi connectivity index (χ0) is 17.5. The van der Waals surface area contributed by atoms with Crippen molar-refractivity contribution in [2.24, 2.45) is 5.10 Å². The van der Waals surface area contributed by atoms with Crippen LogP contribution >= 0.6 is 31.9 Å². The summed E-state index contributed by atoms with van der Waals surface area (Å²) < 4.78 is 6.85. The summed E-state index contributed by atoms with van der Waals surface area (Å²) in [5.41, 5.74) is 3.63. The third-order valence-electron chi connectivity index (χ3n) is 3.00. The molecule has 0 aliphatic carbocycles. The van der Waals surface area contributed by atoms with Crippen LogP contribution < -0.4 is 15.5 Å². The number of nitrogens with zero attached hydrogens (tertiary/aromatic N) is 1. The predicted molar refractivity (Wildman–Crippen MR) is 101 cm³/mol. The van der Waals surface area contributed by atoms with Gasteiger partial charge in [-0.2, -0.15) is 5.10 Å². The van der Waals surface area contributed by atoms with E-state index in [0.717, 1.165) is 14.6 Å². The highest BCUT2D eigenvalue weighted by Crippen LogP contribution is 2.25. The second-order valence-electron chi connectivity index (χ2n) is 4.70. The highest BCUT2D eigenvalue weighted by Gasteiger charge is 2.04. The first-order valence-electron chi connectivity index (χ1n) is 6.87. The maximum atomic E-state index is 11.8. The summed E-state index contributed by atoms with van der Waals surface area (Å²) in [4.78, 5) is 11.8. The molecule has 24 heavy (non-hydrogen) atoms. The SMILES string of the molecule is COc1ccc(O)c(C=NNC(=O)CNc2ccc(Br)cc2Br)c1. The number of phenols is 1. The van der Waals surface area contributed by atoms with E-state index in [-0.39, 0.29) is 18.2 Å². The van der Waals surface area contributed by atoms with Crippen molar-refractivity contribution in [3.05, 3.63) is 50.9 Å². The summed E-state index contributed by atoms with van der Waals surface area (Å²) >= 11 is 6.77. The van der Waals surface area contributed by atoms with E-state index >= 15 is 0 Å². The molecule has 0 atom stereocenters. The van der Waals surface area contributed by atoms with Crippen molar-refractivity contribution in [3.63, 3.8) is 0 Å². The minimum atomic E-state index is -0.316. The second-order valence-corrected chi connectivity index (χ2v) is 6.47. The Kier molecular flexibility index (Phi) is 6.62. The van der Waals surface area contributed by atoms with Gasteiger partial charge in [0.05, 0.1) is 19.9 Å². The van der Waals surface area contributed by atoms with Crippen molar-refractivity contribution in [1.82, 2.24) is 5.43 Å². The molecule has 2 aromatic carbocycles. The van der Waals surface area contributed by atoms with Crippen LogP contribution in [0.4, 0.5) is 5.69 Å². The molecule has 0 fully saturated rings. The van der Waals surface area contributed by atoms with Crippen molar-refractivity contribution < 1.29 is 14.6 Å². The Morgan fingerprint density at radius 2 is 2.08 bits per heavy atom. The maximum absolute atomic E-state index is 11.8. The van der Waals surface area contributed by atoms with E-state index in [4.69, 9.17) is 4.74 Å². The number of carbonyl (C=O) groups is 1. The zero-order valence-electron chi connectivity index (χ0n) is 12.7. The molecule has 0 spiro atoms. The lowest BCUT2D eigenvalue weighted by atomic mass is 10.2. The van der Waals surface area contributed by atoms with Gasteiger partial charge in [0.15, 0.2) is 0 Å². The van der Waals surface area contributed by atoms with Gasteiger partial charge in [0.1, 0.15) is 11.5 Å². The number of aromatic hydroxyl groups is 1. The van der Waals surface area contributed by atoms with E-state index in [2.05, 4.69) is 47.7 Å². The fraction of sp³-hybridized carbons (Fsp3) is 0.125. The van der Waals surface area contributed by atoms with E-state index in [1.807, 2.05) is 18.2 Å². The Morgan fingerprint density at radius 1 is 1.29 bits per heavy atom. The van der Waals surface area contributed by atoms with E-state index < -0.39 is 0 Å². The van der Waals surface area contributed by atoms with E-state index in [9.17, 15) is 9.90 Å². The van der Waals surface area contributed by atoms with Crippen LogP contribution in [0.25, 0.3) is 0 Å². The fourth-order valence-corrected chi connectivity index (χ4v) is 2.97. The molecule has 2 rings (SSSR count). The van der Waals surface area contributed by atoms with Gasteiger partial charge in [-0.3, -0.25) is 4.79 Å². The van der Waals surface area contributed by atoms with Gasteiger partial charge >= 0.3 is 0 Å². The molecule has 1 amide bonds. The Hall–Kier alpha value is -2.06. The lowest BCUT2D eigenvalue weighted by Crippen LogP contribution is -2.26. The predicted octanol–water partition coefficient (Wildman–Crippen LogP) is 3.49. The minimum absolute atomic E-state index is 0.0470. The number of carbonyl (C=O) groups excluding carboxylic acids is 1. The summed E-state index contributed by atoms with van der Waals surface area (Å²) in [7, 11) is 1.53. The fourth-order valence-electron chi connectivity index (χ4n) is 1.78. The first-order valence-corrected chi connectivity index (χ1v) is 8.46. The van der Waals surface area contributed by atoms with Gasteiger partial charge in [0.2, 0.25) is 0 Å². The molecule has 0 aromatic heterocycles. The molecule has 0 aliphatic rings. The molecule has 0 unspecified atom stereocenters. The molecule has 3 N–H and O–H groups in total. The minimum Gasteiger partial charge on any atom is -0.507 e. The number of anilines is 1. The van der Waals surface area contributed by atoms with Crippen LogP contribution in [0.3, 0.4) is 0 Å². The van der Waals surface area contributed by atoms with Crippen LogP contribution in [-0.2, 0) is 4.79 Å². The molecule has 0 aliphatic heterocycles. The third-order valence-corrected chi connectivity index (χ3v) is 4.15. The van der Waals surface area contributed by atoms with Gasteiger partial charge in [0.25, 0.3) is 5.91 Å². The summed E-state index contributed by atoms with van der Waals surface area (Å²) in [5.74, 6) is 0.316. The molecule has 8 heteroatoms. The number of hydrogen-bond acceptors (Lipinski definition) is 5. The molecule has 0 bridgehead atoms. The molecule has 0 heterocycles. The number of hydrazone groups is 1. The normalized spacial score (nSPS) is 10.6. The van der Waals surface area contributed by atoms with Crippen LogP contribution in [0.2, 0.25) is 0 Å². The zero-order valence-corrected chi connectivity index (χ0v) is 15.9. The number of hydrogen-bond donors (Lipinski definition) is 3. The van der Waals surface area contributed by atoms with Gasteiger partial charge in [-0.15, -0.1) is 0 Å². The Labute approximate surface area is 156 Å². The average molecular weight is 457 g/mol. The molecule has 0 saturated carbocycles. The number of ether oxygens (including phenoxy) is 1. The molecule has 0 radical (unpaired) electrons. The summed E-state index contributed by atoms with van der Waals surface area (Å²) in [6, 6.07) is 10.3. The highest BCUT2D eigenvalue weighted by molar-refractivity contribution is 9.11. The lowest BCUT2D eigenvalue weighted by molar-refractivity contribution is -0.119. The van der Waals surface area contributed by atoms with Crippen LogP contribution in [-0.4, -0.2) is 30.9 Å². The topological polar surface area (TPSA) is 83.0 Å². The first kappa shape index (κ1) is 18.3. The first-order chi connectivity index (χ1) is 11.5. The largest absolute Gasteiger partial charge is 0.507 e. The number of phenolic OH excluding ortho intramolecular Hbond substituents is 1. The highest BCUT2D eigenvalue weighted by atomic mass is 79.9. The third kappa shape index (κ3) is 5.24. The van der Waals surface area contributed by atoms with Crippen molar-refractivity contribution >= 4 is 49.7 Å². The Bertz CT molecular complexity index is 766. The summed E-state index contributed by atoms with van der Waals surface area (Å²) in [6.07, 6.45) is 1.35. The van der Waals surface area contributed by atoms with Crippen molar-refractivity contribution in [3.8, 4) is 11.5 Å². The molecular weight excluding hydrogens is 442 g/mol. The van der Waals surface area contributed by atoms with Gasteiger partial charge in [-0.25, -0.2) is 5.43 Å². The summed E-state index contributed by atoms with van der Waals surface area (Å²) in [5, 5.41) is 16.5. The number of halogens is 2. The molecule has 6 nitrogen and oxygen atoms in total. The smallest absolute Gasteiger partial charge is 0.259 e. The van der Waals surface area contributed by atoms with E-state index in [0.29, 0.717) is 11.3 Å². The van der Waals surface area contributed by atoms with Gasteiger partial charge in [0, 0.05) is 20.2 Å². The molecule has 126 valence electrons. The number of amides is 1. The Morgan fingerprint density at radius 3 is 2.79 bits per heavy atom. The monoisotopic (exact) mass is 455 g/mol. The van der Waals surface area contributed by atoms with E-state index in [1.54, 1.807) is 12.1 Å². The standard InChI is InChI=1S/C16H15Br2N3O3/c1-24-12-3-5-15(22)10(6-12)8-20-21-16(23)9-19-14-4-2-11(17)7-13(14)18/h2-8,19,22H,9H2,1H3,(H,21,23). The van der Waals surface area contributed by atoms with Crippen molar-refractivity contribution in [1.29, 1.82) is 0 Å². The molecule has 2 aromatic rings. The number of benzene rings is 2. The van der Waals surface area contributed by atoms with Crippen molar-refractivity contribution in [2.45, 2.75) is 0 Å². The average Bonchev–Trinajstić information content (AvgIpc) is 2.55.